The van der Waals surface area contributed by atoms with Gasteiger partial charge in [0, 0.05) is 30.7 Å². The second-order valence-electron chi connectivity index (χ2n) is 7.64. The molecule has 2 aromatic heterocycles. The van der Waals surface area contributed by atoms with Gasteiger partial charge in [0.1, 0.15) is 5.82 Å². The van der Waals surface area contributed by atoms with Crippen LogP contribution in [0.4, 0.5) is 9.52 Å². The largest absolute Gasteiger partial charge is 0.379 e. The molecule has 1 N–H and O–H groups in total. The Morgan fingerprint density at radius 3 is 2.77 bits per heavy atom. The molecule has 4 aromatic rings. The molecule has 1 aliphatic rings. The molecule has 158 valence electrons. The molecule has 1 fully saturated rings. The number of ether oxygens (including phenoxy) is 1. The van der Waals surface area contributed by atoms with E-state index >= 15 is 0 Å². The first-order valence-electron chi connectivity index (χ1n) is 10.1. The monoisotopic (exact) mass is 436 g/mol. The van der Waals surface area contributed by atoms with Crippen molar-refractivity contribution in [2.75, 3.05) is 31.6 Å². The number of halogens is 1. The van der Waals surface area contributed by atoms with Gasteiger partial charge in [0.25, 0.3) is 5.91 Å². The molecule has 0 atom stereocenters. The molecular formula is C23H21FN4O2S. The van der Waals surface area contributed by atoms with E-state index in [1.54, 1.807) is 12.1 Å². The number of thiazole rings is 1. The summed E-state index contributed by atoms with van der Waals surface area (Å²) in [4.78, 5) is 24.3. The minimum absolute atomic E-state index is 0.325. The van der Waals surface area contributed by atoms with E-state index in [-0.39, 0.29) is 5.91 Å². The van der Waals surface area contributed by atoms with Crippen molar-refractivity contribution in [1.82, 2.24) is 14.9 Å². The van der Waals surface area contributed by atoms with E-state index in [0.717, 1.165) is 43.1 Å². The van der Waals surface area contributed by atoms with Crippen molar-refractivity contribution < 1.29 is 13.9 Å². The molecule has 3 heterocycles. The minimum Gasteiger partial charge on any atom is -0.379 e. The molecule has 1 amide bonds. The topological polar surface area (TPSA) is 67.4 Å². The van der Waals surface area contributed by atoms with E-state index in [1.807, 2.05) is 13.0 Å². The molecule has 2 aromatic carbocycles. The van der Waals surface area contributed by atoms with Crippen LogP contribution in [0.3, 0.4) is 0 Å². The third kappa shape index (κ3) is 4.27. The number of carbonyl (C=O) groups excluding carboxylic acids is 1. The number of morpholine rings is 1. The first-order valence-corrected chi connectivity index (χ1v) is 10.9. The van der Waals surface area contributed by atoms with Crippen LogP contribution in [-0.4, -0.2) is 47.1 Å². The number of hydrogen-bond donors (Lipinski definition) is 1. The Morgan fingerprint density at radius 2 is 1.94 bits per heavy atom. The maximum absolute atomic E-state index is 13.8. The number of rotatable bonds is 4. The van der Waals surface area contributed by atoms with Crippen molar-refractivity contribution in [1.29, 1.82) is 0 Å². The Bertz CT molecular complexity index is 1280. The van der Waals surface area contributed by atoms with E-state index in [1.165, 1.54) is 29.0 Å². The molecule has 0 spiro atoms. The average molecular weight is 437 g/mol. The van der Waals surface area contributed by atoms with Gasteiger partial charge in [-0.2, -0.15) is 0 Å². The lowest BCUT2D eigenvalue weighted by molar-refractivity contribution is 0.0342. The Kier molecular flexibility index (Phi) is 5.35. The van der Waals surface area contributed by atoms with Gasteiger partial charge in [0.2, 0.25) is 0 Å². The molecule has 5 rings (SSSR count). The zero-order valence-electron chi connectivity index (χ0n) is 17.0. The summed E-state index contributed by atoms with van der Waals surface area (Å²) in [5, 5.41) is 3.88. The number of carbonyl (C=O) groups is 1. The summed E-state index contributed by atoms with van der Waals surface area (Å²) in [6.07, 6.45) is 0. The SMILES string of the molecule is Cc1cc(C(=O)Nc2nc3ccc(CN4CCOCC4)cc3s2)c2cc(F)ccc2n1. The Balaban J connectivity index is 1.39. The van der Waals surface area contributed by atoms with Crippen LogP contribution in [-0.2, 0) is 11.3 Å². The number of benzene rings is 2. The van der Waals surface area contributed by atoms with Crippen LogP contribution >= 0.6 is 11.3 Å². The molecule has 0 saturated carbocycles. The molecule has 0 unspecified atom stereocenters. The number of anilines is 1. The predicted molar refractivity (Wildman–Crippen MR) is 120 cm³/mol. The quantitative estimate of drug-likeness (QED) is 0.514. The number of nitrogens with one attached hydrogen (secondary N) is 1. The second-order valence-corrected chi connectivity index (χ2v) is 8.67. The maximum Gasteiger partial charge on any atom is 0.258 e. The molecule has 0 aliphatic carbocycles. The van der Waals surface area contributed by atoms with Crippen LogP contribution in [0.2, 0.25) is 0 Å². The number of hydrogen-bond acceptors (Lipinski definition) is 6. The van der Waals surface area contributed by atoms with Gasteiger partial charge in [-0.25, -0.2) is 9.37 Å². The number of aromatic nitrogens is 2. The van der Waals surface area contributed by atoms with Gasteiger partial charge in [-0.05, 0) is 48.9 Å². The molecule has 0 radical (unpaired) electrons. The van der Waals surface area contributed by atoms with E-state index in [2.05, 4.69) is 32.3 Å². The number of pyridine rings is 1. The molecule has 6 nitrogen and oxygen atoms in total. The predicted octanol–water partition coefficient (Wildman–Crippen LogP) is 4.38. The van der Waals surface area contributed by atoms with Gasteiger partial charge in [-0.15, -0.1) is 0 Å². The molecule has 1 aliphatic heterocycles. The summed E-state index contributed by atoms with van der Waals surface area (Å²) in [5.41, 5.74) is 3.72. The van der Waals surface area contributed by atoms with Crippen LogP contribution in [0.1, 0.15) is 21.6 Å². The maximum atomic E-state index is 13.8. The van der Waals surface area contributed by atoms with Gasteiger partial charge < -0.3 is 4.74 Å². The highest BCUT2D eigenvalue weighted by molar-refractivity contribution is 7.22. The van der Waals surface area contributed by atoms with E-state index in [9.17, 15) is 9.18 Å². The van der Waals surface area contributed by atoms with Crippen LogP contribution in [0.5, 0.6) is 0 Å². The fourth-order valence-corrected chi connectivity index (χ4v) is 4.75. The lowest BCUT2D eigenvalue weighted by Crippen LogP contribution is -2.35. The van der Waals surface area contributed by atoms with Crippen molar-refractivity contribution in [2.45, 2.75) is 13.5 Å². The second kappa shape index (κ2) is 8.30. The Morgan fingerprint density at radius 1 is 1.13 bits per heavy atom. The first-order chi connectivity index (χ1) is 15.0. The highest BCUT2D eigenvalue weighted by Crippen LogP contribution is 2.28. The highest BCUT2D eigenvalue weighted by atomic mass is 32.1. The van der Waals surface area contributed by atoms with Crippen LogP contribution < -0.4 is 5.32 Å². The summed E-state index contributed by atoms with van der Waals surface area (Å²) < 4.78 is 20.2. The number of nitrogens with zero attached hydrogens (tertiary/aromatic N) is 3. The fourth-order valence-electron chi connectivity index (χ4n) is 3.82. The zero-order chi connectivity index (χ0) is 21.4. The molecule has 1 saturated heterocycles. The smallest absolute Gasteiger partial charge is 0.258 e. The van der Waals surface area contributed by atoms with Crippen molar-refractivity contribution in [3.63, 3.8) is 0 Å². The summed E-state index contributed by atoms with van der Waals surface area (Å²) in [6.45, 7) is 6.09. The minimum atomic E-state index is -0.403. The van der Waals surface area contributed by atoms with E-state index in [4.69, 9.17) is 4.74 Å². The van der Waals surface area contributed by atoms with Crippen LogP contribution in [0.15, 0.2) is 42.5 Å². The van der Waals surface area contributed by atoms with Crippen LogP contribution in [0.25, 0.3) is 21.1 Å². The fraction of sp³-hybridized carbons (Fsp3) is 0.261. The molecule has 8 heteroatoms. The first kappa shape index (κ1) is 20.0. The van der Waals surface area contributed by atoms with Crippen LogP contribution in [0, 0.1) is 12.7 Å². The number of aryl methyl sites for hydroxylation is 1. The normalized spacial score (nSPS) is 14.9. The van der Waals surface area contributed by atoms with E-state index in [0.29, 0.717) is 27.3 Å². The molecule has 0 bridgehead atoms. The van der Waals surface area contributed by atoms with Crippen molar-refractivity contribution >= 4 is 43.5 Å². The lowest BCUT2D eigenvalue weighted by atomic mass is 10.1. The van der Waals surface area contributed by atoms with Crippen molar-refractivity contribution in [3.8, 4) is 0 Å². The molecular weight excluding hydrogens is 415 g/mol. The van der Waals surface area contributed by atoms with Gasteiger partial charge in [-0.1, -0.05) is 17.4 Å². The van der Waals surface area contributed by atoms with Crippen molar-refractivity contribution in [2.24, 2.45) is 0 Å². The Labute approximate surface area is 182 Å². The van der Waals surface area contributed by atoms with E-state index < -0.39 is 5.82 Å². The summed E-state index contributed by atoms with van der Waals surface area (Å²) in [5.74, 6) is -0.728. The number of fused-ring (bicyclic) bond motifs is 2. The summed E-state index contributed by atoms with van der Waals surface area (Å²) >= 11 is 1.43. The highest BCUT2D eigenvalue weighted by Gasteiger charge is 2.16. The number of amides is 1. The average Bonchev–Trinajstić information content (AvgIpc) is 3.15. The zero-order valence-corrected chi connectivity index (χ0v) is 17.8. The van der Waals surface area contributed by atoms with Gasteiger partial charge in [-0.3, -0.25) is 20.0 Å². The molecule has 31 heavy (non-hydrogen) atoms. The lowest BCUT2D eigenvalue weighted by Gasteiger charge is -2.26. The standard InChI is InChI=1S/C23H21FN4O2S/c1-14-10-18(17-12-16(24)3-5-19(17)25-14)22(29)27-23-26-20-4-2-15(11-21(20)31-23)13-28-6-8-30-9-7-28/h2-5,10-12H,6-9,13H2,1H3,(H,26,27,29). The Hall–Kier alpha value is -2.94. The summed E-state index contributed by atoms with van der Waals surface area (Å²) in [6, 6.07) is 12.1. The van der Waals surface area contributed by atoms with Gasteiger partial charge in [0.15, 0.2) is 5.13 Å². The summed E-state index contributed by atoms with van der Waals surface area (Å²) in [7, 11) is 0. The van der Waals surface area contributed by atoms with Gasteiger partial charge in [0.05, 0.1) is 34.5 Å². The van der Waals surface area contributed by atoms with Gasteiger partial charge >= 0.3 is 0 Å². The third-order valence-corrected chi connectivity index (χ3v) is 6.26. The van der Waals surface area contributed by atoms with Crippen molar-refractivity contribution in [3.05, 3.63) is 65.1 Å². The third-order valence-electron chi connectivity index (χ3n) is 5.33.